The van der Waals surface area contributed by atoms with Crippen LogP contribution in [0.15, 0.2) is 47.4 Å². The zero-order valence-corrected chi connectivity index (χ0v) is 17.6. The number of amides is 1. The Morgan fingerprint density at radius 3 is 2.29 bits per heavy atom. The molecule has 0 spiro atoms. The second-order valence-electron chi connectivity index (χ2n) is 6.99. The molecule has 2 aromatic rings. The van der Waals surface area contributed by atoms with Gasteiger partial charge in [0.05, 0.1) is 15.6 Å². The number of sulfonamides is 1. The van der Waals surface area contributed by atoms with Gasteiger partial charge in [-0.3, -0.25) is 9.69 Å². The van der Waals surface area contributed by atoms with Crippen LogP contribution in [0, 0.1) is 6.92 Å². The van der Waals surface area contributed by atoms with Gasteiger partial charge in [0.15, 0.2) is 0 Å². The van der Waals surface area contributed by atoms with Gasteiger partial charge < -0.3 is 5.32 Å². The maximum Gasteiger partial charge on any atom is 0.243 e. The first-order valence-electron chi connectivity index (χ1n) is 9.11. The Labute approximate surface area is 171 Å². The predicted octanol–water partition coefficient (Wildman–Crippen LogP) is 3.11. The van der Waals surface area contributed by atoms with E-state index in [2.05, 4.69) is 41.4 Å². The van der Waals surface area contributed by atoms with Gasteiger partial charge >= 0.3 is 0 Å². The molecule has 1 aliphatic heterocycles. The molecule has 0 unspecified atom stereocenters. The number of nitrogens with zero attached hydrogens (tertiary/aromatic N) is 2. The molecule has 8 heteroatoms. The first-order chi connectivity index (χ1) is 13.3. The molecule has 6 nitrogen and oxygen atoms in total. The fraction of sp³-hybridized carbons (Fsp3) is 0.350. The number of hydrogen-bond donors (Lipinski definition) is 1. The summed E-state index contributed by atoms with van der Waals surface area (Å²) in [6.45, 7) is 6.44. The van der Waals surface area contributed by atoms with E-state index < -0.39 is 10.0 Å². The van der Waals surface area contributed by atoms with Crippen LogP contribution in [0.5, 0.6) is 0 Å². The van der Waals surface area contributed by atoms with E-state index in [0.717, 1.165) is 6.54 Å². The summed E-state index contributed by atoms with van der Waals surface area (Å²) >= 11 is 6.14. The predicted molar refractivity (Wildman–Crippen MR) is 111 cm³/mol. The van der Waals surface area contributed by atoms with Crippen LogP contribution in [0.3, 0.4) is 0 Å². The van der Waals surface area contributed by atoms with Gasteiger partial charge in [0.2, 0.25) is 15.9 Å². The first-order valence-corrected chi connectivity index (χ1v) is 10.9. The summed E-state index contributed by atoms with van der Waals surface area (Å²) in [6.07, 6.45) is 0. The third-order valence-corrected chi connectivity index (χ3v) is 6.95. The number of halogens is 1. The number of nitrogens with one attached hydrogen (secondary N) is 1. The molecule has 2 aromatic carbocycles. The molecule has 1 amide bonds. The van der Waals surface area contributed by atoms with Crippen LogP contribution in [0.25, 0.3) is 0 Å². The lowest BCUT2D eigenvalue weighted by Gasteiger charge is -2.34. The Bertz CT molecular complexity index is 953. The Kier molecular flexibility index (Phi) is 6.40. The van der Waals surface area contributed by atoms with E-state index in [-0.39, 0.29) is 15.8 Å². The van der Waals surface area contributed by atoms with Crippen molar-refractivity contribution in [1.29, 1.82) is 0 Å². The highest BCUT2D eigenvalue weighted by Crippen LogP contribution is 2.27. The summed E-state index contributed by atoms with van der Waals surface area (Å²) in [5.74, 6) is -0.262. The highest BCUT2D eigenvalue weighted by molar-refractivity contribution is 7.89. The molecule has 1 fully saturated rings. The van der Waals surface area contributed by atoms with Gasteiger partial charge in [-0.15, -0.1) is 0 Å². The second-order valence-corrected chi connectivity index (χ2v) is 9.33. The first kappa shape index (κ1) is 20.8. The minimum atomic E-state index is -3.62. The number of carbonyl (C=O) groups is 1. The number of benzene rings is 2. The van der Waals surface area contributed by atoms with Crippen molar-refractivity contribution in [3.05, 3.63) is 58.6 Å². The van der Waals surface area contributed by atoms with E-state index >= 15 is 0 Å². The smallest absolute Gasteiger partial charge is 0.243 e. The van der Waals surface area contributed by atoms with Crippen molar-refractivity contribution in [3.8, 4) is 0 Å². The minimum absolute atomic E-state index is 0.138. The summed E-state index contributed by atoms with van der Waals surface area (Å²) in [7, 11) is -3.62. The largest absolute Gasteiger partial charge is 0.325 e. The summed E-state index contributed by atoms with van der Waals surface area (Å²) in [4.78, 5) is 13.6. The van der Waals surface area contributed by atoms with E-state index in [1.807, 2.05) is 0 Å². The van der Waals surface area contributed by atoms with Gasteiger partial charge in [0.25, 0.3) is 0 Å². The van der Waals surface area contributed by atoms with Crippen LogP contribution in [0.1, 0.15) is 18.1 Å². The van der Waals surface area contributed by atoms with E-state index in [9.17, 15) is 13.2 Å². The molecule has 150 valence electrons. The molecule has 0 aromatic heterocycles. The van der Waals surface area contributed by atoms with Crippen molar-refractivity contribution in [1.82, 2.24) is 9.21 Å². The molecule has 0 aliphatic carbocycles. The molecule has 0 bridgehead atoms. The van der Waals surface area contributed by atoms with Gasteiger partial charge in [-0.05, 0) is 30.7 Å². The molecule has 1 aliphatic rings. The van der Waals surface area contributed by atoms with Gasteiger partial charge in [-0.25, -0.2) is 8.42 Å². The molecule has 3 rings (SSSR count). The van der Waals surface area contributed by atoms with Gasteiger partial charge in [0.1, 0.15) is 0 Å². The zero-order chi connectivity index (χ0) is 20.3. The molecule has 1 N–H and O–H groups in total. The number of piperazine rings is 1. The van der Waals surface area contributed by atoms with E-state index in [0.29, 0.717) is 31.9 Å². The van der Waals surface area contributed by atoms with Crippen molar-refractivity contribution in [2.45, 2.75) is 25.3 Å². The quantitative estimate of drug-likeness (QED) is 0.805. The molecule has 28 heavy (non-hydrogen) atoms. The van der Waals surface area contributed by atoms with Crippen LogP contribution < -0.4 is 5.32 Å². The fourth-order valence-electron chi connectivity index (χ4n) is 3.18. The highest BCUT2D eigenvalue weighted by Gasteiger charge is 2.29. The van der Waals surface area contributed by atoms with Crippen LogP contribution in [0.4, 0.5) is 5.69 Å². The Morgan fingerprint density at radius 2 is 1.71 bits per heavy atom. The summed E-state index contributed by atoms with van der Waals surface area (Å²) in [5, 5.41) is 2.78. The normalized spacial score (nSPS) is 16.1. The summed E-state index contributed by atoms with van der Waals surface area (Å²) in [5.41, 5.74) is 2.85. The van der Waals surface area contributed by atoms with Crippen LogP contribution in [0.2, 0.25) is 5.02 Å². The fourth-order valence-corrected chi connectivity index (χ4v) is 4.92. The molecular formula is C20H24ClN3O3S. The minimum Gasteiger partial charge on any atom is -0.325 e. The molecule has 1 saturated heterocycles. The highest BCUT2D eigenvalue weighted by atomic mass is 35.5. The van der Waals surface area contributed by atoms with E-state index in [1.54, 1.807) is 0 Å². The standard InChI is InChI=1S/C20H24ClN3O3S/c1-15-3-5-17(6-4-15)14-23-9-11-24(12-10-23)28(26,27)18-7-8-20(19(21)13-18)22-16(2)25/h3-8,13H,9-12,14H2,1-2H3,(H,22,25). The van der Waals surface area contributed by atoms with Crippen molar-refractivity contribution >= 4 is 33.2 Å². The summed E-state index contributed by atoms with van der Waals surface area (Å²) < 4.78 is 27.4. The topological polar surface area (TPSA) is 69.7 Å². The SMILES string of the molecule is CC(=O)Nc1ccc(S(=O)(=O)N2CCN(Cc3ccc(C)cc3)CC2)cc1Cl. The maximum absolute atomic E-state index is 12.9. The third kappa shape index (κ3) is 4.91. The monoisotopic (exact) mass is 421 g/mol. The number of carbonyl (C=O) groups excluding carboxylic acids is 1. The van der Waals surface area contributed by atoms with Gasteiger partial charge in [-0.2, -0.15) is 4.31 Å². The van der Waals surface area contributed by atoms with Gasteiger partial charge in [-0.1, -0.05) is 41.4 Å². The number of rotatable bonds is 5. The maximum atomic E-state index is 12.9. The van der Waals surface area contributed by atoms with Crippen LogP contribution in [-0.4, -0.2) is 49.7 Å². The Hall–Kier alpha value is -1.93. The van der Waals surface area contributed by atoms with E-state index in [4.69, 9.17) is 11.6 Å². The molecule has 1 heterocycles. The Morgan fingerprint density at radius 1 is 1.07 bits per heavy atom. The van der Waals surface area contributed by atoms with Crippen LogP contribution >= 0.6 is 11.6 Å². The lowest BCUT2D eigenvalue weighted by atomic mass is 10.1. The third-order valence-electron chi connectivity index (χ3n) is 4.75. The molecule has 0 saturated carbocycles. The lowest BCUT2D eigenvalue weighted by molar-refractivity contribution is -0.114. The number of aryl methyl sites for hydroxylation is 1. The van der Waals surface area contributed by atoms with Crippen molar-refractivity contribution in [2.24, 2.45) is 0 Å². The molecule has 0 atom stereocenters. The van der Waals surface area contributed by atoms with E-state index in [1.165, 1.54) is 40.6 Å². The average Bonchev–Trinajstić information content (AvgIpc) is 2.65. The van der Waals surface area contributed by atoms with Crippen molar-refractivity contribution < 1.29 is 13.2 Å². The number of hydrogen-bond acceptors (Lipinski definition) is 4. The zero-order valence-electron chi connectivity index (χ0n) is 16.0. The van der Waals surface area contributed by atoms with Crippen molar-refractivity contribution in [2.75, 3.05) is 31.5 Å². The lowest BCUT2D eigenvalue weighted by Crippen LogP contribution is -2.48. The summed E-state index contributed by atoms with van der Waals surface area (Å²) in [6, 6.07) is 12.8. The van der Waals surface area contributed by atoms with Gasteiger partial charge in [0, 0.05) is 39.6 Å². The molecule has 0 radical (unpaired) electrons. The van der Waals surface area contributed by atoms with Crippen LogP contribution in [-0.2, 0) is 21.4 Å². The average molecular weight is 422 g/mol. The molecular weight excluding hydrogens is 398 g/mol. The van der Waals surface area contributed by atoms with Crippen molar-refractivity contribution in [3.63, 3.8) is 0 Å². The number of anilines is 1. The Balaban J connectivity index is 1.65. The second kappa shape index (κ2) is 8.61.